The zero-order chi connectivity index (χ0) is 30.2. The van der Waals surface area contributed by atoms with Crippen LogP contribution in [0.2, 0.25) is 0 Å². The zero-order valence-electron chi connectivity index (χ0n) is 23.9. The van der Waals surface area contributed by atoms with Gasteiger partial charge in [0, 0.05) is 5.69 Å². The molecule has 1 fully saturated rings. The molecule has 3 aromatic carbocycles. The Bertz CT molecular complexity index is 1490. The Morgan fingerprint density at radius 2 is 1.79 bits per heavy atom. The summed E-state index contributed by atoms with van der Waals surface area (Å²) < 4.78 is 18.1. The first-order valence-electron chi connectivity index (χ1n) is 13.6. The third-order valence-electron chi connectivity index (χ3n) is 6.27. The molecule has 0 bridgehead atoms. The summed E-state index contributed by atoms with van der Waals surface area (Å²) in [6.45, 7) is 8.48. The van der Waals surface area contributed by atoms with E-state index in [1.807, 2.05) is 50.2 Å². The SMILES string of the molecule is CCOc1cc(/C=C2\SC(=O)N(CCOc3cc(C)ccc3C(C)C)C2=O)cc(Br)c1OCC(=O)Nc1ccccc1. The summed E-state index contributed by atoms with van der Waals surface area (Å²) in [4.78, 5) is 39.7. The van der Waals surface area contributed by atoms with Crippen LogP contribution >= 0.6 is 27.7 Å². The van der Waals surface area contributed by atoms with Crippen molar-refractivity contribution in [2.45, 2.75) is 33.6 Å². The summed E-state index contributed by atoms with van der Waals surface area (Å²) in [7, 11) is 0. The smallest absolute Gasteiger partial charge is 0.293 e. The fourth-order valence-electron chi connectivity index (χ4n) is 4.27. The van der Waals surface area contributed by atoms with Gasteiger partial charge in [-0.25, -0.2) is 0 Å². The van der Waals surface area contributed by atoms with Gasteiger partial charge in [0.1, 0.15) is 12.4 Å². The number of benzene rings is 3. The Balaban J connectivity index is 1.43. The maximum absolute atomic E-state index is 13.1. The first-order valence-corrected chi connectivity index (χ1v) is 15.2. The Hall–Kier alpha value is -3.76. The molecule has 0 spiro atoms. The van der Waals surface area contributed by atoms with E-state index in [1.165, 1.54) is 4.90 Å². The van der Waals surface area contributed by atoms with Crippen molar-refractivity contribution in [3.05, 3.63) is 86.7 Å². The highest BCUT2D eigenvalue weighted by molar-refractivity contribution is 9.10. The number of carbonyl (C=O) groups excluding carboxylic acids is 3. The van der Waals surface area contributed by atoms with Crippen LogP contribution in [0.1, 0.15) is 43.4 Å². The molecule has 1 aliphatic rings. The molecule has 0 aromatic heterocycles. The number of carbonyl (C=O) groups is 3. The van der Waals surface area contributed by atoms with Gasteiger partial charge in [-0.3, -0.25) is 19.3 Å². The summed E-state index contributed by atoms with van der Waals surface area (Å²) in [5, 5.41) is 2.42. The Morgan fingerprint density at radius 3 is 2.50 bits per heavy atom. The second-order valence-corrected chi connectivity index (χ2v) is 11.7. The summed E-state index contributed by atoms with van der Waals surface area (Å²) in [6.07, 6.45) is 1.64. The predicted molar refractivity (Wildman–Crippen MR) is 169 cm³/mol. The van der Waals surface area contributed by atoms with E-state index in [9.17, 15) is 14.4 Å². The number of halogens is 1. The molecule has 42 heavy (non-hydrogen) atoms. The molecular weight excluding hydrogens is 620 g/mol. The third-order valence-corrected chi connectivity index (χ3v) is 7.77. The second kappa shape index (κ2) is 14.4. The molecule has 0 saturated carbocycles. The van der Waals surface area contributed by atoms with E-state index in [1.54, 1.807) is 30.3 Å². The Labute approximate surface area is 258 Å². The quantitative estimate of drug-likeness (QED) is 0.204. The van der Waals surface area contributed by atoms with Crippen LogP contribution in [-0.4, -0.2) is 48.3 Å². The molecule has 0 atom stereocenters. The van der Waals surface area contributed by atoms with Crippen LogP contribution in [0.3, 0.4) is 0 Å². The van der Waals surface area contributed by atoms with Gasteiger partial charge in [-0.1, -0.05) is 44.2 Å². The highest BCUT2D eigenvalue weighted by Crippen LogP contribution is 2.39. The average Bonchev–Trinajstić information content (AvgIpc) is 3.20. The number of imide groups is 1. The molecule has 1 saturated heterocycles. The lowest BCUT2D eigenvalue weighted by molar-refractivity contribution is -0.123. The first kappa shape index (κ1) is 31.2. The van der Waals surface area contributed by atoms with E-state index < -0.39 is 0 Å². The molecule has 220 valence electrons. The van der Waals surface area contributed by atoms with Crippen molar-refractivity contribution in [2.24, 2.45) is 0 Å². The summed E-state index contributed by atoms with van der Waals surface area (Å²) >= 11 is 4.38. The Morgan fingerprint density at radius 1 is 1.02 bits per heavy atom. The lowest BCUT2D eigenvalue weighted by Crippen LogP contribution is -2.32. The topological polar surface area (TPSA) is 94.2 Å². The lowest BCUT2D eigenvalue weighted by Gasteiger charge is -2.17. The highest BCUT2D eigenvalue weighted by Gasteiger charge is 2.35. The molecule has 0 unspecified atom stereocenters. The Kier molecular flexibility index (Phi) is 10.7. The zero-order valence-corrected chi connectivity index (χ0v) is 26.3. The van der Waals surface area contributed by atoms with Crippen molar-refractivity contribution in [3.8, 4) is 17.2 Å². The van der Waals surface area contributed by atoms with Crippen molar-refractivity contribution in [1.82, 2.24) is 4.90 Å². The second-order valence-electron chi connectivity index (χ2n) is 9.84. The van der Waals surface area contributed by atoms with Crippen LogP contribution in [0.4, 0.5) is 10.5 Å². The van der Waals surface area contributed by atoms with Crippen molar-refractivity contribution >= 4 is 56.5 Å². The number of nitrogens with zero attached hydrogens (tertiary/aromatic N) is 1. The number of aryl methyl sites for hydroxylation is 1. The maximum atomic E-state index is 13.1. The maximum Gasteiger partial charge on any atom is 0.293 e. The molecule has 0 radical (unpaired) electrons. The molecule has 3 amide bonds. The highest BCUT2D eigenvalue weighted by atomic mass is 79.9. The van der Waals surface area contributed by atoms with E-state index >= 15 is 0 Å². The van der Waals surface area contributed by atoms with Gasteiger partial charge in [0.2, 0.25) is 0 Å². The van der Waals surface area contributed by atoms with Crippen molar-refractivity contribution < 1.29 is 28.6 Å². The van der Waals surface area contributed by atoms with Crippen molar-refractivity contribution in [2.75, 3.05) is 31.7 Å². The van der Waals surface area contributed by atoms with Gasteiger partial charge in [-0.2, -0.15) is 0 Å². The van der Waals surface area contributed by atoms with E-state index in [0.717, 1.165) is 28.6 Å². The van der Waals surface area contributed by atoms with Gasteiger partial charge < -0.3 is 19.5 Å². The number of para-hydroxylation sites is 1. The molecule has 8 nitrogen and oxygen atoms in total. The van der Waals surface area contributed by atoms with E-state index in [4.69, 9.17) is 14.2 Å². The monoisotopic (exact) mass is 652 g/mol. The molecule has 0 aliphatic carbocycles. The van der Waals surface area contributed by atoms with Gasteiger partial charge >= 0.3 is 0 Å². The number of nitrogens with one attached hydrogen (secondary N) is 1. The van der Waals surface area contributed by atoms with Gasteiger partial charge in [0.25, 0.3) is 17.1 Å². The fraction of sp³-hybridized carbons (Fsp3) is 0.281. The standard InChI is InChI=1S/C32H33BrN2O6S/c1-5-39-27-17-22(16-25(33)30(27)41-19-29(36)34-23-9-7-6-8-10-23)18-28-31(37)35(32(38)42-28)13-14-40-26-15-21(4)11-12-24(26)20(2)3/h6-12,15-18,20H,5,13-14,19H2,1-4H3,(H,34,36)/b28-18-. The number of hydrogen-bond acceptors (Lipinski definition) is 7. The average molecular weight is 654 g/mol. The minimum absolute atomic E-state index is 0.138. The van der Waals surface area contributed by atoms with Gasteiger partial charge in [-0.05, 0) is 101 Å². The van der Waals surface area contributed by atoms with Crippen LogP contribution in [0.15, 0.2) is 70.0 Å². The molecule has 1 heterocycles. The van der Waals surface area contributed by atoms with Crippen LogP contribution < -0.4 is 19.5 Å². The molecule has 10 heteroatoms. The molecule has 3 aromatic rings. The number of amides is 3. The predicted octanol–water partition coefficient (Wildman–Crippen LogP) is 7.41. The minimum atomic E-state index is -0.381. The summed E-state index contributed by atoms with van der Waals surface area (Å²) in [5.74, 6) is 1.11. The number of thioether (sulfide) groups is 1. The van der Waals surface area contributed by atoms with Crippen LogP contribution in [0.5, 0.6) is 17.2 Å². The molecular formula is C32H33BrN2O6S. The third kappa shape index (κ3) is 7.95. The van der Waals surface area contributed by atoms with Crippen molar-refractivity contribution in [1.29, 1.82) is 0 Å². The minimum Gasteiger partial charge on any atom is -0.491 e. The lowest BCUT2D eigenvalue weighted by atomic mass is 10.0. The van der Waals surface area contributed by atoms with Gasteiger partial charge in [-0.15, -0.1) is 0 Å². The molecule has 1 aliphatic heterocycles. The molecule has 1 N–H and O–H groups in total. The number of anilines is 1. The summed E-state index contributed by atoms with van der Waals surface area (Å²) in [6, 6.07) is 18.6. The number of ether oxygens (including phenoxy) is 3. The molecule has 4 rings (SSSR count). The van der Waals surface area contributed by atoms with E-state index in [0.29, 0.717) is 38.7 Å². The fourth-order valence-corrected chi connectivity index (χ4v) is 5.70. The largest absolute Gasteiger partial charge is 0.491 e. The van der Waals surface area contributed by atoms with Crippen LogP contribution in [-0.2, 0) is 9.59 Å². The van der Waals surface area contributed by atoms with Gasteiger partial charge in [0.15, 0.2) is 18.1 Å². The van der Waals surface area contributed by atoms with E-state index in [-0.39, 0.29) is 42.7 Å². The van der Waals surface area contributed by atoms with E-state index in [2.05, 4.69) is 35.1 Å². The van der Waals surface area contributed by atoms with Crippen LogP contribution in [0.25, 0.3) is 6.08 Å². The van der Waals surface area contributed by atoms with Crippen molar-refractivity contribution in [3.63, 3.8) is 0 Å². The van der Waals surface area contributed by atoms with Crippen LogP contribution in [0, 0.1) is 6.92 Å². The first-order chi connectivity index (χ1) is 20.2. The van der Waals surface area contributed by atoms with Gasteiger partial charge in [0.05, 0.1) is 22.5 Å². The normalized spacial score (nSPS) is 14.0. The number of rotatable bonds is 12. The number of hydrogen-bond donors (Lipinski definition) is 1. The summed E-state index contributed by atoms with van der Waals surface area (Å²) in [5.41, 5.74) is 3.46.